The van der Waals surface area contributed by atoms with Crippen LogP contribution in [0.2, 0.25) is 0 Å². The molecule has 0 spiro atoms. The summed E-state index contributed by atoms with van der Waals surface area (Å²) in [4.78, 5) is 23.9. The molecule has 0 saturated carbocycles. The van der Waals surface area contributed by atoms with Crippen LogP contribution in [0.1, 0.15) is 18.9 Å². The van der Waals surface area contributed by atoms with Gasteiger partial charge in [0, 0.05) is 6.54 Å². The fourth-order valence-electron chi connectivity index (χ4n) is 2.27. The Morgan fingerprint density at radius 1 is 1.22 bits per heavy atom. The molecule has 116 valence electrons. The number of carbonyl (C=O) groups excluding carboxylic acids is 2. The first-order valence-electron chi connectivity index (χ1n) is 7.54. The van der Waals surface area contributed by atoms with Crippen molar-refractivity contribution in [2.24, 2.45) is 5.92 Å². The third kappa shape index (κ3) is 4.04. The number of carbonyl (C=O) groups is 2. The fourth-order valence-corrected chi connectivity index (χ4v) is 2.27. The summed E-state index contributed by atoms with van der Waals surface area (Å²) >= 11 is 0. The van der Waals surface area contributed by atoms with E-state index in [4.69, 9.17) is 5.26 Å². The van der Waals surface area contributed by atoms with Crippen molar-refractivity contribution in [3.8, 4) is 6.07 Å². The first-order chi connectivity index (χ1) is 11.2. The van der Waals surface area contributed by atoms with Crippen molar-refractivity contribution in [1.82, 2.24) is 5.32 Å². The van der Waals surface area contributed by atoms with Crippen LogP contribution in [0.4, 0.5) is 0 Å². The van der Waals surface area contributed by atoms with Gasteiger partial charge >= 0.3 is 0 Å². The molecule has 23 heavy (non-hydrogen) atoms. The molecular weight excluding hydrogens is 288 g/mol. The van der Waals surface area contributed by atoms with E-state index in [9.17, 15) is 9.59 Å². The Morgan fingerprint density at radius 3 is 2.70 bits per heavy atom. The zero-order valence-electron chi connectivity index (χ0n) is 13.0. The third-order valence-electron chi connectivity index (χ3n) is 3.48. The zero-order chi connectivity index (χ0) is 16.7. The van der Waals surface area contributed by atoms with Gasteiger partial charge in [-0.05, 0) is 28.8 Å². The molecule has 2 rings (SSSR count). The molecule has 1 N–H and O–H groups in total. The lowest BCUT2D eigenvalue weighted by Crippen LogP contribution is -2.34. The largest absolute Gasteiger partial charge is 0.355 e. The topological polar surface area (TPSA) is 70.0 Å². The lowest BCUT2D eigenvalue weighted by Gasteiger charge is -2.06. The third-order valence-corrected chi connectivity index (χ3v) is 3.48. The van der Waals surface area contributed by atoms with Crippen molar-refractivity contribution in [2.75, 3.05) is 6.54 Å². The normalized spacial score (nSPS) is 12.0. The summed E-state index contributed by atoms with van der Waals surface area (Å²) in [7, 11) is 0. The van der Waals surface area contributed by atoms with Crippen molar-refractivity contribution < 1.29 is 9.59 Å². The molecule has 1 unspecified atom stereocenters. The highest BCUT2D eigenvalue weighted by Gasteiger charge is 2.23. The molecule has 0 aliphatic heterocycles. The minimum Gasteiger partial charge on any atom is -0.355 e. The van der Waals surface area contributed by atoms with Crippen molar-refractivity contribution in [3.63, 3.8) is 0 Å². The second-order valence-corrected chi connectivity index (χ2v) is 5.16. The predicted octanol–water partition coefficient (Wildman–Crippen LogP) is 3.09. The van der Waals surface area contributed by atoms with Crippen LogP contribution in [-0.4, -0.2) is 18.2 Å². The van der Waals surface area contributed by atoms with Crippen LogP contribution in [0.5, 0.6) is 0 Å². The van der Waals surface area contributed by atoms with Gasteiger partial charge in [0.05, 0.1) is 6.07 Å². The van der Waals surface area contributed by atoms with E-state index < -0.39 is 17.6 Å². The quantitative estimate of drug-likeness (QED) is 0.658. The van der Waals surface area contributed by atoms with Crippen LogP contribution >= 0.6 is 0 Å². The van der Waals surface area contributed by atoms with Crippen molar-refractivity contribution >= 4 is 28.5 Å². The van der Waals surface area contributed by atoms with Crippen LogP contribution in [0.3, 0.4) is 0 Å². The second-order valence-electron chi connectivity index (χ2n) is 5.16. The fraction of sp³-hybridized carbons (Fsp3) is 0.211. The Kier molecular flexibility index (Phi) is 5.65. The minimum atomic E-state index is -1.30. The van der Waals surface area contributed by atoms with Crippen LogP contribution in [0.25, 0.3) is 16.8 Å². The maximum atomic E-state index is 12.1. The lowest BCUT2D eigenvalue weighted by atomic mass is 10.0. The average Bonchev–Trinajstić information content (AvgIpc) is 2.58. The molecule has 1 atom stereocenters. The Morgan fingerprint density at radius 2 is 1.96 bits per heavy atom. The highest BCUT2D eigenvalue weighted by atomic mass is 16.2. The van der Waals surface area contributed by atoms with E-state index >= 15 is 0 Å². The standard InChI is InChI=1S/C19H18N2O2/c1-2-12-21-19(23)17(13-20)18(22)11-10-15-8-5-7-14-6-3-4-9-16(14)15/h3-11,17H,2,12H2,1H3,(H,21,23)/b11-10+. The smallest absolute Gasteiger partial charge is 0.245 e. The van der Waals surface area contributed by atoms with Gasteiger partial charge in [0.15, 0.2) is 11.7 Å². The number of fused-ring (bicyclic) bond motifs is 1. The molecule has 2 aromatic carbocycles. The molecule has 0 radical (unpaired) electrons. The van der Waals surface area contributed by atoms with E-state index in [1.54, 1.807) is 12.1 Å². The molecule has 2 aromatic rings. The van der Waals surface area contributed by atoms with Gasteiger partial charge in [0.2, 0.25) is 5.91 Å². The van der Waals surface area contributed by atoms with Crippen molar-refractivity contribution in [3.05, 3.63) is 54.1 Å². The summed E-state index contributed by atoms with van der Waals surface area (Å²) in [5.41, 5.74) is 0.877. The summed E-state index contributed by atoms with van der Waals surface area (Å²) in [6, 6.07) is 15.4. The number of rotatable bonds is 6. The molecule has 0 fully saturated rings. The Bertz CT molecular complexity index is 782. The maximum absolute atomic E-state index is 12.1. The number of benzene rings is 2. The van der Waals surface area contributed by atoms with Crippen molar-refractivity contribution in [2.45, 2.75) is 13.3 Å². The van der Waals surface area contributed by atoms with E-state index in [0.29, 0.717) is 6.54 Å². The summed E-state index contributed by atoms with van der Waals surface area (Å²) in [5, 5.41) is 13.7. The first-order valence-corrected chi connectivity index (χ1v) is 7.54. The van der Waals surface area contributed by atoms with Crippen LogP contribution in [0.15, 0.2) is 48.5 Å². The molecule has 0 bridgehead atoms. The zero-order valence-corrected chi connectivity index (χ0v) is 13.0. The maximum Gasteiger partial charge on any atom is 0.245 e. The highest BCUT2D eigenvalue weighted by Crippen LogP contribution is 2.19. The number of nitrogens with zero attached hydrogens (tertiary/aromatic N) is 1. The van der Waals surface area contributed by atoms with Gasteiger partial charge in [-0.2, -0.15) is 5.26 Å². The van der Waals surface area contributed by atoms with Gasteiger partial charge in [0.1, 0.15) is 0 Å². The number of allylic oxidation sites excluding steroid dienone is 1. The van der Waals surface area contributed by atoms with Crippen LogP contribution < -0.4 is 5.32 Å². The minimum absolute atomic E-state index is 0.456. The number of nitrogens with one attached hydrogen (secondary N) is 1. The van der Waals surface area contributed by atoms with Gasteiger partial charge in [-0.3, -0.25) is 9.59 Å². The van der Waals surface area contributed by atoms with E-state index in [-0.39, 0.29) is 0 Å². The molecule has 0 aliphatic carbocycles. The Labute approximate surface area is 135 Å². The molecule has 0 heterocycles. The van der Waals surface area contributed by atoms with Gasteiger partial charge in [-0.1, -0.05) is 55.5 Å². The molecule has 0 saturated heterocycles. The van der Waals surface area contributed by atoms with Gasteiger partial charge in [0.25, 0.3) is 0 Å². The monoisotopic (exact) mass is 306 g/mol. The number of amides is 1. The van der Waals surface area contributed by atoms with E-state index in [2.05, 4.69) is 5.32 Å². The summed E-state index contributed by atoms with van der Waals surface area (Å²) in [5.74, 6) is -2.34. The Hall–Kier alpha value is -2.93. The lowest BCUT2D eigenvalue weighted by molar-refractivity contribution is -0.129. The van der Waals surface area contributed by atoms with E-state index in [0.717, 1.165) is 22.8 Å². The summed E-state index contributed by atoms with van der Waals surface area (Å²) in [6.45, 7) is 2.36. The van der Waals surface area contributed by atoms with Gasteiger partial charge in [-0.25, -0.2) is 0 Å². The predicted molar refractivity (Wildman–Crippen MR) is 90.4 cm³/mol. The number of hydrogen-bond donors (Lipinski definition) is 1. The van der Waals surface area contributed by atoms with Crippen LogP contribution in [-0.2, 0) is 9.59 Å². The van der Waals surface area contributed by atoms with Crippen LogP contribution in [0, 0.1) is 17.2 Å². The molecule has 0 aliphatic rings. The van der Waals surface area contributed by atoms with E-state index in [1.807, 2.05) is 49.4 Å². The molecule has 1 amide bonds. The SMILES string of the molecule is CCCNC(=O)C(C#N)C(=O)/C=C/c1cccc2ccccc12. The number of hydrogen-bond acceptors (Lipinski definition) is 3. The first kappa shape index (κ1) is 16.4. The Balaban J connectivity index is 2.19. The van der Waals surface area contributed by atoms with Gasteiger partial charge in [-0.15, -0.1) is 0 Å². The van der Waals surface area contributed by atoms with Gasteiger partial charge < -0.3 is 5.32 Å². The average molecular weight is 306 g/mol. The van der Waals surface area contributed by atoms with E-state index in [1.165, 1.54) is 6.08 Å². The highest BCUT2D eigenvalue weighted by molar-refractivity contribution is 6.11. The summed E-state index contributed by atoms with van der Waals surface area (Å²) < 4.78 is 0. The molecule has 0 aromatic heterocycles. The molecule has 4 heteroatoms. The molecule has 4 nitrogen and oxygen atoms in total. The second kappa shape index (κ2) is 7.90. The number of nitriles is 1. The molecular formula is C19H18N2O2. The summed E-state index contributed by atoms with van der Waals surface area (Å²) in [6.07, 6.45) is 3.72. The number of ketones is 1. The van der Waals surface area contributed by atoms with Crippen molar-refractivity contribution in [1.29, 1.82) is 5.26 Å².